The highest BCUT2D eigenvalue weighted by Gasteiger charge is 2.12. The molecule has 7 heteroatoms. The summed E-state index contributed by atoms with van der Waals surface area (Å²) in [7, 11) is -0.632. The van der Waals surface area contributed by atoms with Crippen LogP contribution in [0.25, 0.3) is 0 Å². The molecule has 1 rings (SSSR count). The molecule has 2 N–H and O–H groups in total. The van der Waals surface area contributed by atoms with Crippen LogP contribution >= 0.6 is 0 Å². The molecule has 18 heavy (non-hydrogen) atoms. The van der Waals surface area contributed by atoms with Gasteiger partial charge in [0, 0.05) is 26.2 Å². The van der Waals surface area contributed by atoms with Gasteiger partial charge in [-0.1, -0.05) is 12.1 Å². The third kappa shape index (κ3) is 4.34. The van der Waals surface area contributed by atoms with E-state index >= 15 is 0 Å². The van der Waals surface area contributed by atoms with Crippen LogP contribution < -0.4 is 4.72 Å². The van der Waals surface area contributed by atoms with Crippen LogP contribution in [0.15, 0.2) is 24.3 Å². The van der Waals surface area contributed by atoms with Crippen molar-refractivity contribution in [3.8, 4) is 0 Å². The normalized spacial score (nSPS) is 11.5. The molecule has 1 aromatic carbocycles. The van der Waals surface area contributed by atoms with Gasteiger partial charge in [0.1, 0.15) is 0 Å². The van der Waals surface area contributed by atoms with E-state index in [1.807, 2.05) is 0 Å². The van der Waals surface area contributed by atoms with Gasteiger partial charge in [0.25, 0.3) is 0 Å². The quantitative estimate of drug-likeness (QED) is 0.806. The molecule has 0 saturated heterocycles. The highest BCUT2D eigenvalue weighted by molar-refractivity contribution is 7.90. The number of carboxylic acids is 1. The Balaban J connectivity index is 2.69. The van der Waals surface area contributed by atoms with Gasteiger partial charge in [-0.2, -0.15) is 12.7 Å². The van der Waals surface area contributed by atoms with Gasteiger partial charge in [-0.25, -0.2) is 0 Å². The van der Waals surface area contributed by atoms with E-state index in [4.69, 9.17) is 5.11 Å². The first-order valence-electron chi connectivity index (χ1n) is 5.32. The SMILES string of the molecule is CN(C)S(=O)(=O)Nc1ccc(CCC(=O)O)cc1. The van der Waals surface area contributed by atoms with Crippen LogP contribution in [0.3, 0.4) is 0 Å². The molecule has 6 nitrogen and oxygen atoms in total. The molecule has 1 aromatic rings. The molecular formula is C11H16N2O4S. The second-order valence-electron chi connectivity index (χ2n) is 3.98. The first-order chi connectivity index (χ1) is 8.31. The predicted molar refractivity (Wildman–Crippen MR) is 68.6 cm³/mol. The molecule has 0 fully saturated rings. The fourth-order valence-electron chi connectivity index (χ4n) is 1.23. The van der Waals surface area contributed by atoms with E-state index in [0.29, 0.717) is 12.1 Å². The molecule has 0 spiro atoms. The average Bonchev–Trinajstić information content (AvgIpc) is 2.27. The van der Waals surface area contributed by atoms with Crippen molar-refractivity contribution in [2.75, 3.05) is 18.8 Å². The van der Waals surface area contributed by atoms with Gasteiger partial charge in [-0.15, -0.1) is 0 Å². The summed E-state index contributed by atoms with van der Waals surface area (Å²) in [6.07, 6.45) is 0.485. The molecule has 0 saturated carbocycles. The van der Waals surface area contributed by atoms with E-state index in [-0.39, 0.29) is 6.42 Å². The zero-order valence-electron chi connectivity index (χ0n) is 10.3. The number of benzene rings is 1. The number of aryl methyl sites for hydroxylation is 1. The lowest BCUT2D eigenvalue weighted by Gasteiger charge is -2.13. The maximum absolute atomic E-state index is 11.5. The third-order valence-electron chi connectivity index (χ3n) is 2.31. The van der Waals surface area contributed by atoms with E-state index in [1.54, 1.807) is 24.3 Å². The van der Waals surface area contributed by atoms with E-state index in [9.17, 15) is 13.2 Å². The number of nitrogens with zero attached hydrogens (tertiary/aromatic N) is 1. The molecule has 0 aliphatic rings. The zero-order chi connectivity index (χ0) is 13.8. The third-order valence-corrected chi connectivity index (χ3v) is 3.76. The number of hydrogen-bond donors (Lipinski definition) is 2. The Kier molecular flexibility index (Phi) is 4.69. The predicted octanol–water partition coefficient (Wildman–Crippen LogP) is 0.922. The van der Waals surface area contributed by atoms with Crippen molar-refractivity contribution in [1.82, 2.24) is 4.31 Å². The first kappa shape index (κ1) is 14.5. The molecule has 0 unspecified atom stereocenters. The molecule has 0 radical (unpaired) electrons. The topological polar surface area (TPSA) is 86.7 Å². The number of rotatable bonds is 6. The lowest BCUT2D eigenvalue weighted by atomic mass is 10.1. The van der Waals surface area contributed by atoms with Gasteiger partial charge >= 0.3 is 16.2 Å². The Hall–Kier alpha value is -1.60. The summed E-state index contributed by atoms with van der Waals surface area (Å²) < 4.78 is 26.5. The Morgan fingerprint density at radius 1 is 1.28 bits per heavy atom. The van der Waals surface area contributed by atoms with Crippen molar-refractivity contribution in [2.45, 2.75) is 12.8 Å². The summed E-state index contributed by atoms with van der Waals surface area (Å²) in [5, 5.41) is 8.55. The average molecular weight is 272 g/mol. The largest absolute Gasteiger partial charge is 0.481 e. The van der Waals surface area contributed by atoms with Crippen LogP contribution in [0.2, 0.25) is 0 Å². The minimum absolute atomic E-state index is 0.0583. The van der Waals surface area contributed by atoms with Crippen LogP contribution in [-0.4, -0.2) is 37.9 Å². The maximum atomic E-state index is 11.5. The smallest absolute Gasteiger partial charge is 0.303 e. The van der Waals surface area contributed by atoms with Crippen molar-refractivity contribution >= 4 is 21.9 Å². The Morgan fingerprint density at radius 3 is 2.28 bits per heavy atom. The summed E-state index contributed by atoms with van der Waals surface area (Å²) in [5.74, 6) is -0.854. The number of carbonyl (C=O) groups is 1. The molecule has 0 aromatic heterocycles. The number of aliphatic carboxylic acids is 1. The molecule has 0 amide bonds. The molecule has 0 atom stereocenters. The molecule has 100 valence electrons. The second kappa shape index (κ2) is 5.83. The highest BCUT2D eigenvalue weighted by Crippen LogP contribution is 2.13. The maximum Gasteiger partial charge on any atom is 0.303 e. The van der Waals surface area contributed by atoms with Crippen LogP contribution in [-0.2, 0) is 21.4 Å². The van der Waals surface area contributed by atoms with E-state index in [2.05, 4.69) is 4.72 Å². The van der Waals surface area contributed by atoms with Crippen molar-refractivity contribution in [3.05, 3.63) is 29.8 Å². The first-order valence-corrected chi connectivity index (χ1v) is 6.76. The van der Waals surface area contributed by atoms with E-state index in [1.165, 1.54) is 14.1 Å². The molecular weight excluding hydrogens is 256 g/mol. The van der Waals surface area contributed by atoms with Crippen molar-refractivity contribution in [2.24, 2.45) is 0 Å². The van der Waals surface area contributed by atoms with Gasteiger partial charge in [-0.3, -0.25) is 9.52 Å². The lowest BCUT2D eigenvalue weighted by Crippen LogP contribution is -2.28. The Labute approximate surface area is 106 Å². The second-order valence-corrected chi connectivity index (χ2v) is 5.86. The van der Waals surface area contributed by atoms with Crippen LogP contribution in [0.4, 0.5) is 5.69 Å². The number of anilines is 1. The number of nitrogens with one attached hydrogen (secondary N) is 1. The van der Waals surface area contributed by atoms with Crippen molar-refractivity contribution < 1.29 is 18.3 Å². The van der Waals surface area contributed by atoms with Gasteiger partial charge in [0.2, 0.25) is 0 Å². The monoisotopic (exact) mass is 272 g/mol. The summed E-state index contributed by atoms with van der Waals surface area (Å²) in [4.78, 5) is 10.4. The lowest BCUT2D eigenvalue weighted by molar-refractivity contribution is -0.136. The van der Waals surface area contributed by atoms with Crippen LogP contribution in [0.5, 0.6) is 0 Å². The zero-order valence-corrected chi connectivity index (χ0v) is 11.1. The summed E-state index contributed by atoms with van der Waals surface area (Å²) >= 11 is 0. The van der Waals surface area contributed by atoms with Crippen LogP contribution in [0.1, 0.15) is 12.0 Å². The molecule has 0 aliphatic carbocycles. The minimum atomic E-state index is -3.50. The van der Waals surface area contributed by atoms with Crippen molar-refractivity contribution in [1.29, 1.82) is 0 Å². The summed E-state index contributed by atoms with van der Waals surface area (Å²) in [6.45, 7) is 0. The standard InChI is InChI=1S/C11H16N2O4S/c1-13(2)18(16,17)12-10-6-3-9(4-7-10)5-8-11(14)15/h3-4,6-7,12H,5,8H2,1-2H3,(H,14,15). The van der Waals surface area contributed by atoms with Gasteiger partial charge in [0.15, 0.2) is 0 Å². The van der Waals surface area contributed by atoms with E-state index in [0.717, 1.165) is 9.87 Å². The van der Waals surface area contributed by atoms with Gasteiger partial charge in [0.05, 0.1) is 0 Å². The fraction of sp³-hybridized carbons (Fsp3) is 0.364. The molecule has 0 aliphatic heterocycles. The summed E-state index contributed by atoms with van der Waals surface area (Å²) in [5.41, 5.74) is 1.30. The summed E-state index contributed by atoms with van der Waals surface area (Å²) in [6, 6.07) is 6.63. The van der Waals surface area contributed by atoms with Crippen molar-refractivity contribution in [3.63, 3.8) is 0 Å². The fourth-order valence-corrected chi connectivity index (χ4v) is 1.85. The minimum Gasteiger partial charge on any atom is -0.481 e. The Morgan fingerprint density at radius 2 is 1.83 bits per heavy atom. The molecule has 0 bridgehead atoms. The highest BCUT2D eigenvalue weighted by atomic mass is 32.2. The Bertz CT molecular complexity index is 508. The van der Waals surface area contributed by atoms with Crippen LogP contribution in [0, 0.1) is 0 Å². The van der Waals surface area contributed by atoms with E-state index < -0.39 is 16.2 Å². The van der Waals surface area contributed by atoms with Gasteiger partial charge < -0.3 is 5.11 Å². The number of carboxylic acid groups (broad SMARTS) is 1. The van der Waals surface area contributed by atoms with Gasteiger partial charge in [-0.05, 0) is 24.1 Å². The molecule has 0 heterocycles. The number of hydrogen-bond acceptors (Lipinski definition) is 3.